The summed E-state index contributed by atoms with van der Waals surface area (Å²) in [6.45, 7) is -2.30. The molecule has 1 aromatic heterocycles. The van der Waals surface area contributed by atoms with Crippen molar-refractivity contribution in [1.29, 1.82) is 0 Å². The number of hydrogen-bond donors (Lipinski definition) is 0. The van der Waals surface area contributed by atoms with Crippen LogP contribution in [0.5, 0.6) is 0 Å². The van der Waals surface area contributed by atoms with Crippen molar-refractivity contribution in [2.24, 2.45) is 0 Å². The normalized spacial score (nSPS) is 16.0. The van der Waals surface area contributed by atoms with Gasteiger partial charge in [-0.2, -0.15) is 0 Å². The molecule has 0 radical (unpaired) electrons. The molecule has 1 aromatic rings. The van der Waals surface area contributed by atoms with Crippen LogP contribution in [-0.2, 0) is 0 Å². The summed E-state index contributed by atoms with van der Waals surface area (Å²) in [5.41, 5.74) is -0.146. The van der Waals surface area contributed by atoms with Crippen LogP contribution in [0.4, 0.5) is 0 Å². The second kappa shape index (κ2) is 2.50. The van der Waals surface area contributed by atoms with Crippen LogP contribution in [0, 0.1) is 6.85 Å². The van der Waals surface area contributed by atoms with E-state index in [0.717, 1.165) is 0 Å². The summed E-state index contributed by atoms with van der Waals surface area (Å²) >= 11 is 10.9. The average Bonchev–Trinajstić information content (AvgIpc) is 1.82. The van der Waals surface area contributed by atoms with Crippen molar-refractivity contribution in [1.82, 2.24) is 9.97 Å². The standard InChI is InChI=1S/C5H4Cl2N2/c1-3-2-4(6)9-5(7)8-3/h2H,1H3/i1D3. The Kier molecular flexibility index (Phi) is 1.04. The lowest BCUT2D eigenvalue weighted by Gasteiger charge is -1.91. The molecule has 1 rings (SSSR count). The molecule has 1 heterocycles. The Morgan fingerprint density at radius 1 is 1.56 bits per heavy atom. The van der Waals surface area contributed by atoms with Crippen LogP contribution in [0.25, 0.3) is 0 Å². The summed E-state index contributed by atoms with van der Waals surface area (Å²) in [6, 6.07) is 1.17. The van der Waals surface area contributed by atoms with Crippen molar-refractivity contribution in [2.45, 2.75) is 6.85 Å². The van der Waals surface area contributed by atoms with Gasteiger partial charge in [-0.3, -0.25) is 0 Å². The highest BCUT2D eigenvalue weighted by Crippen LogP contribution is 2.08. The molecule has 0 saturated carbocycles. The monoisotopic (exact) mass is 165 g/mol. The van der Waals surface area contributed by atoms with Gasteiger partial charge in [-0.05, 0) is 24.5 Å². The van der Waals surface area contributed by atoms with E-state index in [1.54, 1.807) is 0 Å². The molecule has 0 aliphatic rings. The van der Waals surface area contributed by atoms with Crippen LogP contribution in [0.2, 0.25) is 10.4 Å². The Morgan fingerprint density at radius 3 is 2.89 bits per heavy atom. The number of aryl methyl sites for hydroxylation is 1. The lowest BCUT2D eigenvalue weighted by Crippen LogP contribution is -1.85. The van der Waals surface area contributed by atoms with E-state index in [1.807, 2.05) is 0 Å². The van der Waals surface area contributed by atoms with Crippen LogP contribution >= 0.6 is 23.2 Å². The predicted octanol–water partition coefficient (Wildman–Crippen LogP) is 2.09. The minimum Gasteiger partial charge on any atom is -0.223 e. The van der Waals surface area contributed by atoms with Gasteiger partial charge in [-0.15, -0.1) is 0 Å². The van der Waals surface area contributed by atoms with Gasteiger partial charge in [-0.25, -0.2) is 9.97 Å². The molecule has 48 valence electrons. The third-order valence-corrected chi connectivity index (χ3v) is 1.03. The van der Waals surface area contributed by atoms with Crippen LogP contribution in [-0.4, -0.2) is 9.97 Å². The third-order valence-electron chi connectivity index (χ3n) is 0.668. The Balaban J connectivity index is 3.18. The molecule has 0 aromatic carbocycles. The van der Waals surface area contributed by atoms with Crippen molar-refractivity contribution in [3.63, 3.8) is 0 Å². The lowest BCUT2D eigenvalue weighted by molar-refractivity contribution is 1.10. The largest absolute Gasteiger partial charge is 0.223 e. The predicted molar refractivity (Wildman–Crippen MR) is 36.8 cm³/mol. The van der Waals surface area contributed by atoms with E-state index in [1.165, 1.54) is 6.07 Å². The van der Waals surface area contributed by atoms with Crippen molar-refractivity contribution >= 4 is 23.2 Å². The van der Waals surface area contributed by atoms with E-state index in [4.69, 9.17) is 27.3 Å². The molecule has 0 aliphatic carbocycles. The second-order valence-corrected chi connectivity index (χ2v) is 2.07. The molecular weight excluding hydrogens is 159 g/mol. The first-order valence-corrected chi connectivity index (χ1v) is 2.86. The highest BCUT2D eigenvalue weighted by Gasteiger charge is 1.94. The fourth-order valence-corrected chi connectivity index (χ4v) is 0.799. The highest BCUT2D eigenvalue weighted by atomic mass is 35.5. The molecule has 0 bridgehead atoms. The Hall–Kier alpha value is -0.340. The molecule has 0 unspecified atom stereocenters. The zero-order valence-electron chi connectivity index (χ0n) is 7.23. The van der Waals surface area contributed by atoms with E-state index in [-0.39, 0.29) is 16.1 Å². The molecule has 0 spiro atoms. The molecule has 4 heteroatoms. The van der Waals surface area contributed by atoms with Gasteiger partial charge in [-0.1, -0.05) is 11.6 Å². The maximum atomic E-state index is 6.99. The minimum absolute atomic E-state index is 0.0288. The van der Waals surface area contributed by atoms with Gasteiger partial charge in [0, 0.05) is 9.81 Å². The topological polar surface area (TPSA) is 25.8 Å². The molecular formula is C5H4Cl2N2. The van der Waals surface area contributed by atoms with Crippen LogP contribution in [0.3, 0.4) is 0 Å². The third kappa shape index (κ3) is 1.80. The molecule has 0 aliphatic heterocycles. The van der Waals surface area contributed by atoms with Crippen molar-refractivity contribution in [2.75, 3.05) is 0 Å². The van der Waals surface area contributed by atoms with Gasteiger partial charge >= 0.3 is 0 Å². The Morgan fingerprint density at radius 2 is 2.33 bits per heavy atom. The molecule has 0 saturated heterocycles. The molecule has 9 heavy (non-hydrogen) atoms. The van der Waals surface area contributed by atoms with E-state index < -0.39 is 6.85 Å². The fraction of sp³-hybridized carbons (Fsp3) is 0.200. The van der Waals surface area contributed by atoms with Gasteiger partial charge in [0.25, 0.3) is 0 Å². The van der Waals surface area contributed by atoms with Crippen molar-refractivity contribution in [3.8, 4) is 0 Å². The van der Waals surface area contributed by atoms with Crippen LogP contribution < -0.4 is 0 Å². The van der Waals surface area contributed by atoms with Crippen molar-refractivity contribution < 1.29 is 4.11 Å². The van der Waals surface area contributed by atoms with Gasteiger partial charge in [0.15, 0.2) is 0 Å². The molecule has 0 amide bonds. The Labute approximate surface area is 67.1 Å². The number of aromatic nitrogens is 2. The number of hydrogen-bond acceptors (Lipinski definition) is 2. The summed E-state index contributed by atoms with van der Waals surface area (Å²) in [7, 11) is 0. The minimum atomic E-state index is -2.30. The molecule has 2 nitrogen and oxygen atoms in total. The zero-order chi connectivity index (χ0) is 9.35. The maximum absolute atomic E-state index is 6.99. The highest BCUT2D eigenvalue weighted by molar-refractivity contribution is 6.31. The quantitative estimate of drug-likeness (QED) is 0.435. The lowest BCUT2D eigenvalue weighted by atomic mass is 10.5. The van der Waals surface area contributed by atoms with E-state index in [9.17, 15) is 0 Å². The van der Waals surface area contributed by atoms with Gasteiger partial charge in [0.05, 0.1) is 0 Å². The Bertz CT molecular complexity index is 279. The molecule has 0 atom stereocenters. The van der Waals surface area contributed by atoms with Gasteiger partial charge in [0.2, 0.25) is 5.28 Å². The first kappa shape index (κ1) is 3.74. The van der Waals surface area contributed by atoms with Crippen LogP contribution in [0.1, 0.15) is 9.81 Å². The van der Waals surface area contributed by atoms with E-state index in [0.29, 0.717) is 0 Å². The first-order valence-electron chi connectivity index (χ1n) is 3.60. The van der Waals surface area contributed by atoms with E-state index >= 15 is 0 Å². The first-order chi connectivity index (χ1) is 5.39. The summed E-state index contributed by atoms with van der Waals surface area (Å²) in [5.74, 6) is 0. The zero-order valence-corrected chi connectivity index (χ0v) is 5.74. The summed E-state index contributed by atoms with van der Waals surface area (Å²) in [6.07, 6.45) is 0. The van der Waals surface area contributed by atoms with Crippen LogP contribution in [0.15, 0.2) is 6.07 Å². The smallest absolute Gasteiger partial charge is 0.223 e. The maximum Gasteiger partial charge on any atom is 0.223 e. The van der Waals surface area contributed by atoms with Gasteiger partial charge < -0.3 is 0 Å². The fourth-order valence-electron chi connectivity index (χ4n) is 0.390. The summed E-state index contributed by atoms with van der Waals surface area (Å²) in [4.78, 5) is 7.03. The van der Waals surface area contributed by atoms with E-state index in [2.05, 4.69) is 9.97 Å². The summed E-state index contributed by atoms with van der Waals surface area (Å²) in [5, 5.41) is -0.130. The number of nitrogens with zero attached hydrogens (tertiary/aromatic N) is 2. The number of halogens is 2. The second-order valence-electron chi connectivity index (χ2n) is 1.34. The van der Waals surface area contributed by atoms with Gasteiger partial charge in [0.1, 0.15) is 5.15 Å². The number of rotatable bonds is 0. The molecule has 0 N–H and O–H groups in total. The summed E-state index contributed by atoms with van der Waals surface area (Å²) < 4.78 is 21.0. The average molecular weight is 166 g/mol. The van der Waals surface area contributed by atoms with Crippen molar-refractivity contribution in [3.05, 3.63) is 22.2 Å². The SMILES string of the molecule is [2H]C([2H])([2H])c1cc(Cl)nc(Cl)n1. The molecule has 0 fully saturated rings.